The number of nitrogens with one attached hydrogen (secondary N) is 1. The van der Waals surface area contributed by atoms with E-state index in [4.69, 9.17) is 5.26 Å². The molecule has 0 aromatic heterocycles. The van der Waals surface area contributed by atoms with Crippen molar-refractivity contribution >= 4 is 22.6 Å². The highest BCUT2D eigenvalue weighted by Gasteiger charge is 1.97. The molecule has 0 heterocycles. The van der Waals surface area contributed by atoms with Crippen molar-refractivity contribution in [1.82, 2.24) is 0 Å². The molecule has 4 heteroatoms. The van der Waals surface area contributed by atoms with E-state index in [9.17, 15) is 0 Å². The molecule has 1 aromatic rings. The zero-order valence-corrected chi connectivity index (χ0v) is 8.93. The van der Waals surface area contributed by atoms with Crippen molar-refractivity contribution in [2.24, 2.45) is 4.99 Å². The Morgan fingerprint density at radius 1 is 1.43 bits per heavy atom. The van der Waals surface area contributed by atoms with Crippen LogP contribution in [0.2, 0.25) is 0 Å². The van der Waals surface area contributed by atoms with Crippen LogP contribution in [0, 0.1) is 18.4 Å². The number of anilines is 1. The van der Waals surface area contributed by atoms with E-state index in [-0.39, 0.29) is 0 Å². The second kappa shape index (κ2) is 5.30. The van der Waals surface area contributed by atoms with Crippen molar-refractivity contribution in [1.29, 1.82) is 5.26 Å². The van der Waals surface area contributed by atoms with E-state index in [2.05, 4.69) is 10.3 Å². The molecule has 0 aliphatic rings. The summed E-state index contributed by atoms with van der Waals surface area (Å²) in [5.41, 5.74) is 2.15. The molecule has 0 unspecified atom stereocenters. The van der Waals surface area contributed by atoms with Crippen molar-refractivity contribution in [3.8, 4) is 6.19 Å². The van der Waals surface area contributed by atoms with Crippen LogP contribution in [0.4, 0.5) is 5.69 Å². The molecule has 1 aromatic carbocycles. The van der Waals surface area contributed by atoms with Crippen LogP contribution in [0.1, 0.15) is 5.56 Å². The van der Waals surface area contributed by atoms with E-state index >= 15 is 0 Å². The molecule has 0 spiro atoms. The number of thioether (sulfide) groups is 1. The van der Waals surface area contributed by atoms with Gasteiger partial charge < -0.3 is 5.32 Å². The largest absolute Gasteiger partial charge is 0.334 e. The molecule has 0 aliphatic heterocycles. The normalized spacial score (nSPS) is 10.8. The molecule has 1 rings (SSSR count). The first-order chi connectivity index (χ1) is 6.76. The summed E-state index contributed by atoms with van der Waals surface area (Å²) in [5.74, 6) is 0. The standard InChI is InChI=1S/C10H11N3S/c1-8-3-5-9(6-4-8)13-10(14-2)12-7-11/h3-6H,1-2H3,(H,12,13). The third-order valence-corrected chi connectivity index (χ3v) is 2.23. The van der Waals surface area contributed by atoms with E-state index in [1.807, 2.05) is 37.4 Å². The summed E-state index contributed by atoms with van der Waals surface area (Å²) in [7, 11) is 0. The smallest absolute Gasteiger partial charge is 0.208 e. The van der Waals surface area contributed by atoms with Gasteiger partial charge in [0, 0.05) is 5.69 Å². The second-order valence-corrected chi connectivity index (χ2v) is 3.51. The van der Waals surface area contributed by atoms with Crippen molar-refractivity contribution < 1.29 is 0 Å². The van der Waals surface area contributed by atoms with Gasteiger partial charge in [0.1, 0.15) is 0 Å². The van der Waals surface area contributed by atoms with Gasteiger partial charge in [0.05, 0.1) is 0 Å². The summed E-state index contributed by atoms with van der Waals surface area (Å²) in [5, 5.41) is 12.1. The Balaban J connectivity index is 2.74. The summed E-state index contributed by atoms with van der Waals surface area (Å²) in [4.78, 5) is 3.63. The van der Waals surface area contributed by atoms with Crippen LogP contribution in [0.15, 0.2) is 29.3 Å². The van der Waals surface area contributed by atoms with Crippen LogP contribution < -0.4 is 5.32 Å². The maximum absolute atomic E-state index is 8.40. The third kappa shape index (κ3) is 3.11. The zero-order chi connectivity index (χ0) is 10.4. The van der Waals surface area contributed by atoms with Gasteiger partial charge in [0.25, 0.3) is 0 Å². The van der Waals surface area contributed by atoms with Gasteiger partial charge in [-0.15, -0.1) is 4.99 Å². The van der Waals surface area contributed by atoms with Crippen molar-refractivity contribution in [2.75, 3.05) is 11.6 Å². The minimum Gasteiger partial charge on any atom is -0.334 e. The summed E-state index contributed by atoms with van der Waals surface area (Å²) in [6.45, 7) is 2.03. The molecule has 1 N–H and O–H groups in total. The Kier molecular flexibility index (Phi) is 4.02. The highest BCUT2D eigenvalue weighted by molar-refractivity contribution is 8.13. The van der Waals surface area contributed by atoms with Gasteiger partial charge in [0.15, 0.2) is 5.17 Å². The number of amidine groups is 1. The second-order valence-electron chi connectivity index (χ2n) is 2.71. The minimum absolute atomic E-state index is 0.608. The van der Waals surface area contributed by atoms with Gasteiger partial charge in [-0.3, -0.25) is 0 Å². The van der Waals surface area contributed by atoms with Crippen LogP contribution in [-0.2, 0) is 0 Å². The number of nitriles is 1. The van der Waals surface area contributed by atoms with Crippen molar-refractivity contribution in [2.45, 2.75) is 6.92 Å². The van der Waals surface area contributed by atoms with E-state index in [1.165, 1.54) is 17.3 Å². The molecular formula is C10H11N3S. The molecule has 0 aliphatic carbocycles. The van der Waals surface area contributed by atoms with Crippen molar-refractivity contribution in [3.05, 3.63) is 29.8 Å². The first-order valence-electron chi connectivity index (χ1n) is 4.10. The average Bonchev–Trinajstić information content (AvgIpc) is 2.20. The Labute approximate surface area is 87.9 Å². The van der Waals surface area contributed by atoms with Crippen LogP contribution in [0.3, 0.4) is 0 Å². The Morgan fingerprint density at radius 2 is 2.07 bits per heavy atom. The maximum Gasteiger partial charge on any atom is 0.208 e. The number of benzene rings is 1. The lowest BCUT2D eigenvalue weighted by Gasteiger charge is -2.05. The molecular weight excluding hydrogens is 194 g/mol. The molecule has 0 fully saturated rings. The SMILES string of the molecule is CS/C(=N\C#N)Nc1ccc(C)cc1. The van der Waals surface area contributed by atoms with Gasteiger partial charge >= 0.3 is 0 Å². The number of aryl methyl sites for hydroxylation is 1. The molecule has 0 radical (unpaired) electrons. The number of hydrogen-bond donors (Lipinski definition) is 1. The van der Waals surface area contributed by atoms with Gasteiger partial charge in [-0.25, -0.2) is 0 Å². The van der Waals surface area contributed by atoms with Gasteiger partial charge in [-0.05, 0) is 25.3 Å². The summed E-state index contributed by atoms with van der Waals surface area (Å²) in [6.07, 6.45) is 3.63. The average molecular weight is 205 g/mol. The summed E-state index contributed by atoms with van der Waals surface area (Å²) in [6, 6.07) is 7.93. The van der Waals surface area contributed by atoms with Gasteiger partial charge in [-0.1, -0.05) is 29.5 Å². The molecule has 0 bridgehead atoms. The fraction of sp³-hybridized carbons (Fsp3) is 0.200. The highest BCUT2D eigenvalue weighted by Crippen LogP contribution is 2.11. The van der Waals surface area contributed by atoms with Crippen LogP contribution in [0.5, 0.6) is 0 Å². The lowest BCUT2D eigenvalue weighted by Crippen LogP contribution is -2.06. The molecule has 0 saturated carbocycles. The molecule has 14 heavy (non-hydrogen) atoms. The van der Waals surface area contributed by atoms with Gasteiger partial charge in [0.2, 0.25) is 6.19 Å². The molecule has 0 atom stereocenters. The fourth-order valence-electron chi connectivity index (χ4n) is 0.930. The van der Waals surface area contributed by atoms with Crippen LogP contribution in [-0.4, -0.2) is 11.4 Å². The van der Waals surface area contributed by atoms with Gasteiger partial charge in [-0.2, -0.15) is 5.26 Å². The first kappa shape index (κ1) is 10.6. The van der Waals surface area contributed by atoms with Crippen molar-refractivity contribution in [3.63, 3.8) is 0 Å². The number of hydrogen-bond acceptors (Lipinski definition) is 3. The lowest BCUT2D eigenvalue weighted by atomic mass is 10.2. The molecule has 0 saturated heterocycles. The monoisotopic (exact) mass is 205 g/mol. The Bertz CT molecular complexity index is 362. The lowest BCUT2D eigenvalue weighted by molar-refractivity contribution is 1.43. The van der Waals surface area contributed by atoms with E-state index in [0.29, 0.717) is 5.17 Å². The quantitative estimate of drug-likeness (QED) is 0.435. The Morgan fingerprint density at radius 3 is 2.57 bits per heavy atom. The number of nitrogens with zero attached hydrogens (tertiary/aromatic N) is 2. The molecule has 72 valence electrons. The summed E-state index contributed by atoms with van der Waals surface area (Å²) >= 11 is 1.41. The number of aliphatic imine (C=N–C) groups is 1. The van der Waals surface area contributed by atoms with E-state index in [1.54, 1.807) is 6.19 Å². The minimum atomic E-state index is 0.608. The van der Waals surface area contributed by atoms with Crippen LogP contribution in [0.25, 0.3) is 0 Å². The van der Waals surface area contributed by atoms with Crippen LogP contribution >= 0.6 is 11.8 Å². The molecule has 3 nitrogen and oxygen atoms in total. The number of rotatable bonds is 1. The topological polar surface area (TPSA) is 48.2 Å². The highest BCUT2D eigenvalue weighted by atomic mass is 32.2. The first-order valence-corrected chi connectivity index (χ1v) is 5.33. The zero-order valence-electron chi connectivity index (χ0n) is 8.11. The molecule has 0 amide bonds. The third-order valence-electron chi connectivity index (χ3n) is 1.65. The summed E-state index contributed by atoms with van der Waals surface area (Å²) < 4.78 is 0. The van der Waals surface area contributed by atoms with E-state index < -0.39 is 0 Å². The fourth-order valence-corrected chi connectivity index (χ4v) is 1.28. The predicted octanol–water partition coefficient (Wildman–Crippen LogP) is 2.61. The predicted molar refractivity (Wildman–Crippen MR) is 61.4 cm³/mol. The van der Waals surface area contributed by atoms with E-state index in [0.717, 1.165) is 5.69 Å². The maximum atomic E-state index is 8.40. The Hall–Kier alpha value is -1.47.